The van der Waals surface area contributed by atoms with Crippen LogP contribution in [0, 0.1) is 0 Å². The van der Waals surface area contributed by atoms with Gasteiger partial charge in [0.05, 0.1) is 32.2 Å². The lowest BCUT2D eigenvalue weighted by Crippen LogP contribution is -2.48. The van der Waals surface area contributed by atoms with Crippen molar-refractivity contribution in [3.8, 4) is 23.0 Å². The van der Waals surface area contributed by atoms with Crippen LogP contribution in [0.2, 0.25) is 0 Å². The van der Waals surface area contributed by atoms with E-state index >= 15 is 0 Å². The van der Waals surface area contributed by atoms with Gasteiger partial charge in [0.2, 0.25) is 11.8 Å². The number of aromatic nitrogens is 2. The Hall–Kier alpha value is -2.26. The van der Waals surface area contributed by atoms with Crippen molar-refractivity contribution in [1.29, 1.82) is 0 Å². The summed E-state index contributed by atoms with van der Waals surface area (Å²) in [6.07, 6.45) is 0.0884. The number of carbonyl (C=O) groups is 1. The van der Waals surface area contributed by atoms with Gasteiger partial charge in [-0.2, -0.15) is 0 Å². The molecule has 0 bridgehead atoms. The number of hydrogen-bond acceptors (Lipinski definition) is 8. The molecule has 2 heterocycles. The number of ether oxygens (including phenoxy) is 3. The molecule has 9 heteroatoms. The zero-order valence-electron chi connectivity index (χ0n) is 15.8. The van der Waals surface area contributed by atoms with Gasteiger partial charge in [0.25, 0.3) is 5.22 Å². The molecule has 0 spiro atoms. The zero-order valence-corrected chi connectivity index (χ0v) is 16.6. The van der Waals surface area contributed by atoms with Gasteiger partial charge in [-0.1, -0.05) is 11.8 Å². The predicted molar refractivity (Wildman–Crippen MR) is 100 cm³/mol. The third kappa shape index (κ3) is 4.72. The second-order valence-corrected chi connectivity index (χ2v) is 7.21. The molecule has 8 nitrogen and oxygen atoms in total. The van der Waals surface area contributed by atoms with Gasteiger partial charge in [0.1, 0.15) is 0 Å². The average Bonchev–Trinajstić information content (AvgIpc) is 3.13. The van der Waals surface area contributed by atoms with Crippen LogP contribution in [-0.2, 0) is 9.53 Å². The van der Waals surface area contributed by atoms with Crippen molar-refractivity contribution in [3.63, 3.8) is 0 Å². The summed E-state index contributed by atoms with van der Waals surface area (Å²) in [5.41, 5.74) is 0.717. The van der Waals surface area contributed by atoms with Crippen LogP contribution in [0.3, 0.4) is 0 Å². The second kappa shape index (κ2) is 8.62. The highest BCUT2D eigenvalue weighted by atomic mass is 32.2. The highest BCUT2D eigenvalue weighted by molar-refractivity contribution is 7.99. The Kier molecular flexibility index (Phi) is 6.22. The SMILES string of the molecule is COc1ccc(-c2nnc(SCC(=O)N3C[C@H](C)O[C@@H](C)C3)o2)cc1OC. The average molecular weight is 393 g/mol. The summed E-state index contributed by atoms with van der Waals surface area (Å²) in [4.78, 5) is 14.2. The van der Waals surface area contributed by atoms with E-state index in [9.17, 15) is 4.79 Å². The number of benzene rings is 1. The molecular formula is C18H23N3O5S. The van der Waals surface area contributed by atoms with Gasteiger partial charge in [-0.25, -0.2) is 0 Å². The summed E-state index contributed by atoms with van der Waals surface area (Å²) in [6.45, 7) is 5.14. The Labute approximate surface area is 162 Å². The van der Waals surface area contributed by atoms with Crippen LogP contribution in [0.25, 0.3) is 11.5 Å². The highest BCUT2D eigenvalue weighted by Gasteiger charge is 2.26. The molecule has 1 aliphatic heterocycles. The molecular weight excluding hydrogens is 370 g/mol. The Bertz CT molecular complexity index is 787. The maximum absolute atomic E-state index is 12.4. The Morgan fingerprint density at radius 2 is 1.89 bits per heavy atom. The van der Waals surface area contributed by atoms with Crippen LogP contribution >= 0.6 is 11.8 Å². The molecule has 3 rings (SSSR count). The van der Waals surface area contributed by atoms with Crippen LogP contribution in [0.5, 0.6) is 11.5 Å². The van der Waals surface area contributed by atoms with Crippen molar-refractivity contribution >= 4 is 17.7 Å². The van der Waals surface area contributed by atoms with E-state index in [1.54, 1.807) is 26.4 Å². The fourth-order valence-corrected chi connectivity index (χ4v) is 3.62. The molecule has 0 radical (unpaired) electrons. The van der Waals surface area contributed by atoms with Crippen LogP contribution in [0.15, 0.2) is 27.8 Å². The van der Waals surface area contributed by atoms with E-state index in [4.69, 9.17) is 18.6 Å². The van der Waals surface area contributed by atoms with Gasteiger partial charge in [0, 0.05) is 18.7 Å². The number of thioether (sulfide) groups is 1. The quantitative estimate of drug-likeness (QED) is 0.692. The first-order valence-electron chi connectivity index (χ1n) is 8.62. The molecule has 0 N–H and O–H groups in total. The van der Waals surface area contributed by atoms with E-state index in [0.717, 1.165) is 0 Å². The first kappa shape index (κ1) is 19.5. The van der Waals surface area contributed by atoms with Crippen LogP contribution in [-0.4, -0.2) is 66.3 Å². The lowest BCUT2D eigenvalue weighted by atomic mass is 10.2. The van der Waals surface area contributed by atoms with E-state index in [0.29, 0.717) is 41.3 Å². The van der Waals surface area contributed by atoms with E-state index in [-0.39, 0.29) is 23.9 Å². The zero-order chi connectivity index (χ0) is 19.4. The number of amides is 1. The molecule has 146 valence electrons. The normalized spacial score (nSPS) is 19.8. The molecule has 1 aromatic heterocycles. The van der Waals surface area contributed by atoms with Crippen molar-refractivity contribution < 1.29 is 23.4 Å². The monoisotopic (exact) mass is 393 g/mol. The van der Waals surface area contributed by atoms with Crippen LogP contribution in [0.4, 0.5) is 0 Å². The molecule has 0 aliphatic carbocycles. The van der Waals surface area contributed by atoms with Crippen molar-refractivity contribution in [3.05, 3.63) is 18.2 Å². The Balaban J connectivity index is 1.62. The van der Waals surface area contributed by atoms with Crippen molar-refractivity contribution in [2.75, 3.05) is 33.1 Å². The van der Waals surface area contributed by atoms with E-state index in [1.807, 2.05) is 24.8 Å². The maximum Gasteiger partial charge on any atom is 0.277 e. The first-order valence-corrected chi connectivity index (χ1v) is 9.60. The summed E-state index contributed by atoms with van der Waals surface area (Å²) < 4.78 is 21.8. The molecule has 0 unspecified atom stereocenters. The van der Waals surface area contributed by atoms with Crippen LogP contribution < -0.4 is 9.47 Å². The summed E-state index contributed by atoms with van der Waals surface area (Å²) in [7, 11) is 3.14. The largest absolute Gasteiger partial charge is 0.493 e. The van der Waals surface area contributed by atoms with Gasteiger partial charge in [-0.3, -0.25) is 4.79 Å². The summed E-state index contributed by atoms with van der Waals surface area (Å²) in [6, 6.07) is 5.35. The van der Waals surface area contributed by atoms with Gasteiger partial charge < -0.3 is 23.5 Å². The summed E-state index contributed by atoms with van der Waals surface area (Å²) >= 11 is 1.23. The lowest BCUT2D eigenvalue weighted by Gasteiger charge is -2.35. The number of methoxy groups -OCH3 is 2. The molecule has 27 heavy (non-hydrogen) atoms. The maximum atomic E-state index is 12.4. The first-order chi connectivity index (χ1) is 13.0. The molecule has 1 amide bonds. The molecule has 1 aliphatic rings. The number of morpholine rings is 1. The van der Waals surface area contributed by atoms with Gasteiger partial charge in [-0.05, 0) is 32.0 Å². The molecule has 1 fully saturated rings. The van der Waals surface area contributed by atoms with Gasteiger partial charge >= 0.3 is 0 Å². The fourth-order valence-electron chi connectivity index (χ4n) is 2.95. The minimum Gasteiger partial charge on any atom is -0.493 e. The summed E-state index contributed by atoms with van der Waals surface area (Å²) in [5.74, 6) is 1.84. The lowest BCUT2D eigenvalue weighted by molar-refractivity contribution is -0.140. The summed E-state index contributed by atoms with van der Waals surface area (Å²) in [5, 5.41) is 8.42. The molecule has 0 saturated carbocycles. The second-order valence-electron chi connectivity index (χ2n) is 6.29. The number of rotatable bonds is 6. The van der Waals surface area contributed by atoms with E-state index in [2.05, 4.69) is 10.2 Å². The molecule has 2 aromatic rings. The molecule has 1 aromatic carbocycles. The van der Waals surface area contributed by atoms with Crippen LogP contribution in [0.1, 0.15) is 13.8 Å². The molecule has 1 saturated heterocycles. The molecule has 2 atom stereocenters. The Morgan fingerprint density at radius 1 is 1.19 bits per heavy atom. The van der Waals surface area contributed by atoms with Crippen molar-refractivity contribution in [2.45, 2.75) is 31.3 Å². The standard InChI is InChI=1S/C18H23N3O5S/c1-11-8-21(9-12(2)25-11)16(22)10-27-18-20-19-17(26-18)13-5-6-14(23-3)15(7-13)24-4/h5-7,11-12H,8-10H2,1-4H3/t11-,12-/m0/s1. The Morgan fingerprint density at radius 3 is 2.56 bits per heavy atom. The fraction of sp³-hybridized carbons (Fsp3) is 0.500. The topological polar surface area (TPSA) is 86.9 Å². The number of nitrogens with zero attached hydrogens (tertiary/aromatic N) is 3. The third-order valence-corrected chi connectivity index (χ3v) is 4.93. The van der Waals surface area contributed by atoms with Gasteiger partial charge in [-0.15, -0.1) is 10.2 Å². The van der Waals surface area contributed by atoms with Crippen molar-refractivity contribution in [1.82, 2.24) is 15.1 Å². The number of hydrogen-bond donors (Lipinski definition) is 0. The van der Waals surface area contributed by atoms with Crippen molar-refractivity contribution in [2.24, 2.45) is 0 Å². The van der Waals surface area contributed by atoms with E-state index in [1.165, 1.54) is 11.8 Å². The minimum atomic E-state index is 0.0351. The van der Waals surface area contributed by atoms with E-state index < -0.39 is 0 Å². The van der Waals surface area contributed by atoms with Gasteiger partial charge in [0.15, 0.2) is 11.5 Å². The third-order valence-electron chi connectivity index (χ3n) is 4.13. The highest BCUT2D eigenvalue weighted by Crippen LogP contribution is 2.32. The smallest absolute Gasteiger partial charge is 0.277 e. The number of carbonyl (C=O) groups excluding carboxylic acids is 1. The predicted octanol–water partition coefficient (Wildman–Crippen LogP) is 2.48. The minimum absolute atomic E-state index is 0.0351.